The average Bonchev–Trinajstić information content (AvgIpc) is 2.82. The molecule has 0 aliphatic heterocycles. The van der Waals surface area contributed by atoms with Crippen LogP contribution in [0.15, 0.2) is 60.7 Å². The molecule has 3 aromatic carbocycles. The van der Waals surface area contributed by atoms with Crippen LogP contribution in [0.5, 0.6) is 5.75 Å². The summed E-state index contributed by atoms with van der Waals surface area (Å²) in [4.78, 5) is 28.6. The van der Waals surface area contributed by atoms with Gasteiger partial charge in [-0.3, -0.25) is 9.59 Å². The molecule has 6 nitrogen and oxygen atoms in total. The van der Waals surface area contributed by atoms with Crippen molar-refractivity contribution >= 4 is 28.6 Å². The largest absolute Gasteiger partial charge is 0.492 e. The van der Waals surface area contributed by atoms with Crippen LogP contribution >= 0.6 is 0 Å². The minimum atomic E-state index is -0.228. The number of anilines is 3. The summed E-state index contributed by atoms with van der Waals surface area (Å²) in [5, 5.41) is 3.27. The van der Waals surface area contributed by atoms with E-state index in [-0.39, 0.29) is 17.1 Å². The molecule has 3 aromatic rings. The van der Waals surface area contributed by atoms with E-state index < -0.39 is 0 Å². The zero-order valence-electron chi connectivity index (χ0n) is 18.4. The second kappa shape index (κ2) is 9.24. The summed E-state index contributed by atoms with van der Waals surface area (Å²) < 4.78 is 5.84. The maximum Gasteiger partial charge on any atom is 0.196 e. The zero-order valence-corrected chi connectivity index (χ0v) is 18.4. The molecule has 0 bridgehead atoms. The van der Waals surface area contributed by atoms with Crippen LogP contribution in [0.25, 0.3) is 0 Å². The molecule has 0 aromatic heterocycles. The summed E-state index contributed by atoms with van der Waals surface area (Å²) in [6.07, 6.45) is 0. The van der Waals surface area contributed by atoms with Crippen LogP contribution in [0, 0.1) is 0 Å². The third-order valence-corrected chi connectivity index (χ3v) is 5.81. The molecule has 1 aliphatic rings. The Morgan fingerprint density at radius 1 is 0.844 bits per heavy atom. The predicted octanol–water partition coefficient (Wildman–Crippen LogP) is 4.51. The third kappa shape index (κ3) is 4.09. The highest BCUT2D eigenvalue weighted by Crippen LogP contribution is 2.36. The maximum absolute atomic E-state index is 13.2. The summed E-state index contributed by atoms with van der Waals surface area (Å²) in [7, 11) is 0. The van der Waals surface area contributed by atoms with Crippen molar-refractivity contribution < 1.29 is 14.3 Å². The van der Waals surface area contributed by atoms with Gasteiger partial charge in [0.05, 0.1) is 16.8 Å². The van der Waals surface area contributed by atoms with Crippen LogP contribution in [-0.4, -0.2) is 42.7 Å². The Morgan fingerprint density at radius 3 is 2.09 bits per heavy atom. The van der Waals surface area contributed by atoms with Gasteiger partial charge in [0.1, 0.15) is 12.4 Å². The van der Waals surface area contributed by atoms with Gasteiger partial charge in [0.15, 0.2) is 11.6 Å². The summed E-state index contributed by atoms with van der Waals surface area (Å²) >= 11 is 0. The van der Waals surface area contributed by atoms with Crippen LogP contribution in [0.2, 0.25) is 0 Å². The van der Waals surface area contributed by atoms with Crippen LogP contribution in [-0.2, 0) is 0 Å². The quantitative estimate of drug-likeness (QED) is 0.401. The highest BCUT2D eigenvalue weighted by molar-refractivity contribution is 6.31. The molecule has 1 aliphatic carbocycles. The number of carbonyl (C=O) groups is 2. The molecule has 6 heteroatoms. The number of benzene rings is 3. The fourth-order valence-electron chi connectivity index (χ4n) is 3.97. The number of ether oxygens (including phenoxy) is 1. The molecule has 4 rings (SSSR count). The molecule has 0 atom stereocenters. The monoisotopic (exact) mass is 429 g/mol. The van der Waals surface area contributed by atoms with Crippen molar-refractivity contribution in [1.82, 2.24) is 4.90 Å². The van der Waals surface area contributed by atoms with Gasteiger partial charge >= 0.3 is 0 Å². The second-order valence-electron chi connectivity index (χ2n) is 7.68. The Morgan fingerprint density at radius 2 is 1.47 bits per heavy atom. The lowest BCUT2D eigenvalue weighted by Gasteiger charge is -2.22. The van der Waals surface area contributed by atoms with E-state index in [0.29, 0.717) is 34.7 Å². The number of nitrogens with one attached hydrogen (secondary N) is 1. The fourth-order valence-corrected chi connectivity index (χ4v) is 3.97. The van der Waals surface area contributed by atoms with E-state index in [0.717, 1.165) is 31.1 Å². The predicted molar refractivity (Wildman–Crippen MR) is 127 cm³/mol. The fraction of sp³-hybridized carbons (Fsp3) is 0.231. The van der Waals surface area contributed by atoms with E-state index in [2.05, 4.69) is 24.1 Å². The molecule has 0 heterocycles. The van der Waals surface area contributed by atoms with E-state index in [9.17, 15) is 9.59 Å². The van der Waals surface area contributed by atoms with Gasteiger partial charge in [-0.1, -0.05) is 38.1 Å². The number of hydrogen-bond acceptors (Lipinski definition) is 6. The minimum absolute atomic E-state index is 0.207. The smallest absolute Gasteiger partial charge is 0.196 e. The number of carbonyl (C=O) groups excluding carboxylic acids is 2. The normalized spacial score (nSPS) is 12.5. The van der Waals surface area contributed by atoms with Gasteiger partial charge in [-0.2, -0.15) is 0 Å². The molecule has 0 saturated heterocycles. The van der Waals surface area contributed by atoms with Crippen molar-refractivity contribution in [2.24, 2.45) is 0 Å². The number of nitrogens with zero attached hydrogens (tertiary/aromatic N) is 1. The molecule has 0 unspecified atom stereocenters. The highest BCUT2D eigenvalue weighted by Gasteiger charge is 2.33. The molecule has 0 fully saturated rings. The van der Waals surface area contributed by atoms with Crippen LogP contribution in [0.1, 0.15) is 45.7 Å². The van der Waals surface area contributed by atoms with Crippen molar-refractivity contribution in [3.63, 3.8) is 0 Å². The van der Waals surface area contributed by atoms with E-state index in [1.54, 1.807) is 36.4 Å². The molecule has 0 spiro atoms. The van der Waals surface area contributed by atoms with Crippen molar-refractivity contribution in [2.75, 3.05) is 37.3 Å². The highest BCUT2D eigenvalue weighted by atomic mass is 16.5. The SMILES string of the molecule is CCN(CC)CCOc1ccc(Nc2ccc(N)c3c2C(=O)c2ccccc2C3=O)cc1. The summed E-state index contributed by atoms with van der Waals surface area (Å²) in [6.45, 7) is 7.77. The van der Waals surface area contributed by atoms with E-state index in [1.807, 2.05) is 24.3 Å². The molecule has 164 valence electrons. The zero-order chi connectivity index (χ0) is 22.7. The van der Waals surface area contributed by atoms with Gasteiger partial charge < -0.3 is 20.7 Å². The van der Waals surface area contributed by atoms with Gasteiger partial charge in [-0.15, -0.1) is 0 Å². The maximum atomic E-state index is 13.2. The number of likely N-dealkylation sites (N-methyl/N-ethyl adjacent to an activating group) is 1. The summed E-state index contributed by atoms with van der Waals surface area (Å²) in [6, 6.07) is 17.8. The number of rotatable bonds is 8. The van der Waals surface area contributed by atoms with Gasteiger partial charge in [0.25, 0.3) is 0 Å². The van der Waals surface area contributed by atoms with Crippen molar-refractivity contribution in [3.05, 3.63) is 82.9 Å². The topological polar surface area (TPSA) is 84.7 Å². The number of ketones is 2. The lowest BCUT2D eigenvalue weighted by molar-refractivity contribution is 0.0980. The standard InChI is InChI=1S/C26H27N3O3/c1-3-29(4-2)15-16-32-18-11-9-17(10-12-18)28-22-14-13-21(27)23-24(22)26(31)20-8-6-5-7-19(20)25(23)30/h5-14,28H,3-4,15-16,27H2,1-2H3. The summed E-state index contributed by atoms with van der Waals surface area (Å²) in [5.41, 5.74) is 9.10. The lowest BCUT2D eigenvalue weighted by atomic mass is 9.82. The Labute approximate surface area is 188 Å². The number of nitrogens with two attached hydrogens (primary N) is 1. The summed E-state index contributed by atoms with van der Waals surface area (Å²) in [5.74, 6) is 0.344. The first-order valence-electron chi connectivity index (χ1n) is 10.9. The number of hydrogen-bond donors (Lipinski definition) is 2. The molecule has 3 N–H and O–H groups in total. The van der Waals surface area contributed by atoms with Gasteiger partial charge in [-0.25, -0.2) is 0 Å². The molecule has 0 saturated carbocycles. The van der Waals surface area contributed by atoms with E-state index >= 15 is 0 Å². The van der Waals surface area contributed by atoms with E-state index in [4.69, 9.17) is 10.5 Å². The molecule has 0 radical (unpaired) electrons. The van der Waals surface area contributed by atoms with Crippen LogP contribution < -0.4 is 15.8 Å². The first kappa shape index (κ1) is 21.6. The Bertz CT molecular complexity index is 1150. The van der Waals surface area contributed by atoms with Gasteiger partial charge in [-0.05, 0) is 49.5 Å². The Kier molecular flexibility index (Phi) is 6.23. The first-order chi connectivity index (χ1) is 15.5. The molecular formula is C26H27N3O3. The lowest BCUT2D eigenvalue weighted by Crippen LogP contribution is -2.27. The van der Waals surface area contributed by atoms with Crippen LogP contribution in [0.3, 0.4) is 0 Å². The van der Waals surface area contributed by atoms with Crippen molar-refractivity contribution in [2.45, 2.75) is 13.8 Å². The molecule has 0 amide bonds. The van der Waals surface area contributed by atoms with Crippen LogP contribution in [0.4, 0.5) is 17.1 Å². The third-order valence-electron chi connectivity index (χ3n) is 5.81. The number of nitrogen functional groups attached to an aromatic ring is 1. The number of fused-ring (bicyclic) bond motifs is 2. The molecular weight excluding hydrogens is 402 g/mol. The first-order valence-corrected chi connectivity index (χ1v) is 10.9. The Balaban J connectivity index is 1.55. The second-order valence-corrected chi connectivity index (χ2v) is 7.68. The van der Waals surface area contributed by atoms with E-state index in [1.165, 1.54) is 0 Å². The minimum Gasteiger partial charge on any atom is -0.492 e. The van der Waals surface area contributed by atoms with Gasteiger partial charge in [0.2, 0.25) is 0 Å². The Hall–Kier alpha value is -3.64. The average molecular weight is 430 g/mol. The van der Waals surface area contributed by atoms with Gasteiger partial charge in [0, 0.05) is 29.0 Å². The van der Waals surface area contributed by atoms with Crippen molar-refractivity contribution in [1.29, 1.82) is 0 Å². The molecule has 32 heavy (non-hydrogen) atoms. The van der Waals surface area contributed by atoms with Crippen molar-refractivity contribution in [3.8, 4) is 5.75 Å².